The second-order valence-corrected chi connectivity index (χ2v) is 9.05. The molecule has 178 valence electrons. The smallest absolute Gasteiger partial charge is 0.338 e. The third-order valence-corrected chi connectivity index (χ3v) is 6.59. The van der Waals surface area contributed by atoms with Gasteiger partial charge in [0.25, 0.3) is 5.91 Å². The third-order valence-electron chi connectivity index (χ3n) is 5.08. The van der Waals surface area contributed by atoms with Gasteiger partial charge in [-0.15, -0.1) is 0 Å². The minimum atomic E-state index is -4.70. The summed E-state index contributed by atoms with van der Waals surface area (Å²) in [6.07, 6.45) is -7.82. The Balaban J connectivity index is 1.84. The van der Waals surface area contributed by atoms with Crippen molar-refractivity contribution in [2.45, 2.75) is 36.7 Å². The molecule has 12 heteroatoms. The lowest BCUT2D eigenvalue weighted by Crippen LogP contribution is -2.47. The number of alkyl halides is 6. The van der Waals surface area contributed by atoms with Crippen molar-refractivity contribution < 1.29 is 31.1 Å². The van der Waals surface area contributed by atoms with Gasteiger partial charge in [0.2, 0.25) is 0 Å². The number of hydrogen-bond acceptors (Lipinski definition) is 1. The molecule has 1 amide bonds. The van der Waals surface area contributed by atoms with E-state index in [0.717, 1.165) is 30.4 Å². The van der Waals surface area contributed by atoms with Crippen molar-refractivity contribution in [2.75, 3.05) is 0 Å². The predicted molar refractivity (Wildman–Crippen MR) is 116 cm³/mol. The van der Waals surface area contributed by atoms with Crippen molar-refractivity contribution in [1.29, 1.82) is 0 Å². The minimum Gasteiger partial charge on any atom is -0.338 e. The van der Waals surface area contributed by atoms with Crippen molar-refractivity contribution in [3.05, 3.63) is 73.2 Å². The monoisotopic (exact) mass is 549 g/mol. The fourth-order valence-corrected chi connectivity index (χ4v) is 3.97. The van der Waals surface area contributed by atoms with Gasteiger partial charge in [0.1, 0.15) is 5.54 Å². The zero-order valence-corrected chi connectivity index (χ0v) is 19.2. The molecule has 2 aromatic carbocycles. The van der Waals surface area contributed by atoms with Crippen LogP contribution in [0.5, 0.6) is 0 Å². The van der Waals surface area contributed by atoms with Crippen LogP contribution >= 0.6 is 46.4 Å². The Labute approximate surface area is 204 Å². The SMILES string of the molecule is O=C(NC1(C(F)(F)F)CC1)c1ccc(/C=C/C(c2cc(Cl)c(Cl)c(Cl)c2)C(F)(F)F)cc1Cl. The highest BCUT2D eigenvalue weighted by Gasteiger charge is 2.64. The van der Waals surface area contributed by atoms with E-state index in [4.69, 9.17) is 46.4 Å². The lowest BCUT2D eigenvalue weighted by Gasteiger charge is -2.21. The van der Waals surface area contributed by atoms with Crippen LogP contribution in [0, 0.1) is 0 Å². The molecule has 33 heavy (non-hydrogen) atoms. The maximum Gasteiger partial charge on any atom is 0.411 e. The van der Waals surface area contributed by atoms with Gasteiger partial charge in [-0.3, -0.25) is 4.79 Å². The fourth-order valence-electron chi connectivity index (χ4n) is 3.08. The largest absolute Gasteiger partial charge is 0.411 e. The van der Waals surface area contributed by atoms with Crippen molar-refractivity contribution >= 4 is 58.4 Å². The molecule has 1 aliphatic rings. The van der Waals surface area contributed by atoms with Crippen LogP contribution in [0.25, 0.3) is 6.08 Å². The number of hydrogen-bond donors (Lipinski definition) is 1. The van der Waals surface area contributed by atoms with Gasteiger partial charge in [0.05, 0.1) is 31.6 Å². The number of nitrogens with one attached hydrogen (secondary N) is 1. The molecule has 0 radical (unpaired) electrons. The maximum atomic E-state index is 13.6. The van der Waals surface area contributed by atoms with E-state index < -0.39 is 29.7 Å². The molecule has 0 spiro atoms. The van der Waals surface area contributed by atoms with Gasteiger partial charge >= 0.3 is 12.4 Å². The van der Waals surface area contributed by atoms with Crippen LogP contribution in [-0.4, -0.2) is 23.8 Å². The third kappa shape index (κ3) is 5.73. The molecule has 1 unspecified atom stereocenters. The van der Waals surface area contributed by atoms with E-state index in [1.54, 1.807) is 0 Å². The quantitative estimate of drug-likeness (QED) is 0.293. The van der Waals surface area contributed by atoms with Crippen molar-refractivity contribution in [3.8, 4) is 0 Å². The Morgan fingerprint density at radius 2 is 1.52 bits per heavy atom. The van der Waals surface area contributed by atoms with Crippen LogP contribution in [0.15, 0.2) is 36.4 Å². The van der Waals surface area contributed by atoms with E-state index in [1.165, 1.54) is 12.1 Å². The number of allylic oxidation sites excluding steroid dienone is 1. The molecule has 0 aliphatic heterocycles. The first-order valence-electron chi connectivity index (χ1n) is 9.23. The van der Waals surface area contributed by atoms with Gasteiger partial charge in [0, 0.05) is 0 Å². The van der Waals surface area contributed by atoms with Gasteiger partial charge in [-0.05, 0) is 48.2 Å². The summed E-state index contributed by atoms with van der Waals surface area (Å²) in [5.74, 6) is -3.11. The van der Waals surface area contributed by atoms with E-state index in [2.05, 4.69) is 0 Å². The van der Waals surface area contributed by atoms with E-state index in [9.17, 15) is 31.1 Å². The molecular formula is C21H13Cl4F6NO. The topological polar surface area (TPSA) is 29.1 Å². The Kier molecular flexibility index (Phi) is 7.26. The maximum absolute atomic E-state index is 13.6. The molecule has 1 atom stereocenters. The molecule has 0 heterocycles. The molecule has 0 aromatic heterocycles. The second kappa shape index (κ2) is 9.21. The summed E-state index contributed by atoms with van der Waals surface area (Å²) in [5.41, 5.74) is -2.56. The first-order valence-corrected chi connectivity index (χ1v) is 10.7. The Morgan fingerprint density at radius 1 is 0.939 bits per heavy atom. The average Bonchev–Trinajstić information content (AvgIpc) is 3.45. The Morgan fingerprint density at radius 3 is 1.97 bits per heavy atom. The Hall–Kier alpha value is -1.61. The Bertz CT molecular complexity index is 1090. The van der Waals surface area contributed by atoms with Crippen LogP contribution in [0.4, 0.5) is 26.3 Å². The van der Waals surface area contributed by atoms with Crippen LogP contribution in [0.2, 0.25) is 20.1 Å². The molecule has 0 saturated heterocycles. The molecule has 2 nitrogen and oxygen atoms in total. The normalized spacial score (nSPS) is 16.7. The highest BCUT2D eigenvalue weighted by molar-refractivity contribution is 6.48. The van der Waals surface area contributed by atoms with Gasteiger partial charge in [-0.2, -0.15) is 26.3 Å². The summed E-state index contributed by atoms with van der Waals surface area (Å²) >= 11 is 23.5. The lowest BCUT2D eigenvalue weighted by atomic mass is 9.97. The zero-order chi connectivity index (χ0) is 24.8. The molecule has 2 aromatic rings. The number of carbonyl (C=O) groups excluding carboxylic acids is 1. The number of benzene rings is 2. The first-order chi connectivity index (χ1) is 15.1. The number of halogens is 10. The second-order valence-electron chi connectivity index (χ2n) is 7.45. The number of carbonyl (C=O) groups is 1. The van der Waals surface area contributed by atoms with Crippen molar-refractivity contribution in [2.24, 2.45) is 0 Å². The average molecular weight is 551 g/mol. The predicted octanol–water partition coefficient (Wildman–Crippen LogP) is 8.48. The van der Waals surface area contributed by atoms with Crippen LogP contribution in [-0.2, 0) is 0 Å². The summed E-state index contributed by atoms with van der Waals surface area (Å²) < 4.78 is 80.1. The molecule has 1 saturated carbocycles. The minimum absolute atomic E-state index is 0.0777. The van der Waals surface area contributed by atoms with Gasteiger partial charge < -0.3 is 5.32 Å². The fraction of sp³-hybridized carbons (Fsp3) is 0.286. The summed E-state index contributed by atoms with van der Waals surface area (Å²) in [5, 5.41) is 1.36. The van der Waals surface area contributed by atoms with Gasteiger partial charge in [0.15, 0.2) is 0 Å². The van der Waals surface area contributed by atoms with Crippen LogP contribution < -0.4 is 5.32 Å². The highest BCUT2D eigenvalue weighted by Crippen LogP contribution is 2.49. The molecular weight excluding hydrogens is 538 g/mol. The van der Waals surface area contributed by atoms with Crippen molar-refractivity contribution in [3.63, 3.8) is 0 Å². The molecule has 1 fully saturated rings. The molecule has 1 N–H and O–H groups in total. The van der Waals surface area contributed by atoms with E-state index in [0.29, 0.717) is 0 Å². The molecule has 1 aliphatic carbocycles. The zero-order valence-electron chi connectivity index (χ0n) is 16.2. The van der Waals surface area contributed by atoms with E-state index in [1.807, 2.05) is 5.32 Å². The summed E-state index contributed by atoms with van der Waals surface area (Å²) in [6.45, 7) is 0. The van der Waals surface area contributed by atoms with Crippen LogP contribution in [0.3, 0.4) is 0 Å². The van der Waals surface area contributed by atoms with E-state index in [-0.39, 0.29) is 49.6 Å². The van der Waals surface area contributed by atoms with E-state index >= 15 is 0 Å². The van der Waals surface area contributed by atoms with Crippen molar-refractivity contribution in [1.82, 2.24) is 5.32 Å². The van der Waals surface area contributed by atoms with Gasteiger partial charge in [-0.25, -0.2) is 0 Å². The number of rotatable bonds is 5. The molecule has 3 rings (SSSR count). The summed E-state index contributed by atoms with van der Waals surface area (Å²) in [7, 11) is 0. The van der Waals surface area contributed by atoms with Crippen LogP contribution in [0.1, 0.15) is 40.2 Å². The molecule has 0 bridgehead atoms. The highest BCUT2D eigenvalue weighted by atomic mass is 35.5. The summed E-state index contributed by atoms with van der Waals surface area (Å²) in [6, 6.07) is 5.68. The standard InChI is InChI=1S/C21H13Cl4F6NO/c22-14-7-10(1-3-12(14)18(33)32-19(5-6-19)21(29,30)31)2-4-13(20(26,27)28)11-8-15(23)17(25)16(24)9-11/h1-4,7-9,13H,5-6H2,(H,32,33)/b4-2+. The van der Waals surface area contributed by atoms with Gasteiger partial charge in [-0.1, -0.05) is 64.6 Å². The lowest BCUT2D eigenvalue weighted by molar-refractivity contribution is -0.163. The first kappa shape index (κ1) is 26.0. The summed E-state index contributed by atoms with van der Waals surface area (Å²) in [4.78, 5) is 12.3. The number of amides is 1.